The minimum absolute atomic E-state index is 0.0681. The Morgan fingerprint density at radius 1 is 0.905 bits per heavy atom. The zero-order chi connectivity index (χ0) is 15.5. The van der Waals surface area contributed by atoms with E-state index in [9.17, 15) is 13.8 Å². The Bertz CT molecular complexity index is 786. The predicted octanol–water partition coefficient (Wildman–Crippen LogP) is 3.19. The molecule has 0 saturated heterocycles. The monoisotopic (exact) mass is 301 g/mol. The van der Waals surface area contributed by atoms with Crippen molar-refractivity contribution in [3.63, 3.8) is 0 Å². The Morgan fingerprint density at radius 3 is 2.00 bits per heavy atom. The first kappa shape index (κ1) is 15.1. The lowest BCUT2D eigenvalue weighted by molar-refractivity contribution is 0.0999. The molecule has 2 rings (SSSR count). The van der Waals surface area contributed by atoms with Gasteiger partial charge in [0.15, 0.2) is 5.78 Å². The minimum Gasteiger partial charge on any atom is -0.295 e. The van der Waals surface area contributed by atoms with Crippen LogP contribution in [0.25, 0.3) is 0 Å². The van der Waals surface area contributed by atoms with E-state index in [1.807, 2.05) is 0 Å². The summed E-state index contributed by atoms with van der Waals surface area (Å²) in [4.78, 5) is 23.7. The summed E-state index contributed by atoms with van der Waals surface area (Å²) < 4.78 is 16.4. The summed E-state index contributed by atoms with van der Waals surface area (Å²) in [6.07, 6.45) is 1.41. The van der Waals surface area contributed by atoms with Gasteiger partial charge in [0.1, 0.15) is 0 Å². The molecular weight excluding hydrogens is 286 g/mol. The van der Waals surface area contributed by atoms with E-state index < -0.39 is 15.6 Å². The van der Waals surface area contributed by atoms with Gasteiger partial charge in [-0.05, 0) is 31.2 Å². The van der Waals surface area contributed by atoms with Crippen LogP contribution in [0, 0.1) is 0 Å². The molecule has 21 heavy (non-hydrogen) atoms. The molecule has 1 amide bonds. The summed E-state index contributed by atoms with van der Waals surface area (Å²) in [7, 11) is -2.84. The van der Waals surface area contributed by atoms with Crippen molar-refractivity contribution in [3.8, 4) is 0 Å². The number of amides is 1. The smallest absolute Gasteiger partial charge is 0.285 e. The lowest BCUT2D eigenvalue weighted by Gasteiger charge is -2.05. The Hall–Kier alpha value is -2.27. The van der Waals surface area contributed by atoms with Gasteiger partial charge in [0.25, 0.3) is 5.91 Å². The number of nitrogens with zero attached hydrogens (tertiary/aromatic N) is 1. The number of ketones is 1. The number of carbonyl (C=O) groups excluding carboxylic acids is 2. The quantitative estimate of drug-likeness (QED) is 0.818. The van der Waals surface area contributed by atoms with Crippen molar-refractivity contribution in [1.82, 2.24) is 0 Å². The second-order valence-electron chi connectivity index (χ2n) is 4.65. The molecule has 0 aliphatic heterocycles. The Kier molecular flexibility index (Phi) is 4.33. The average Bonchev–Trinajstić information content (AvgIpc) is 2.48. The van der Waals surface area contributed by atoms with Gasteiger partial charge in [0, 0.05) is 22.3 Å². The van der Waals surface area contributed by atoms with E-state index in [1.54, 1.807) is 54.6 Å². The Morgan fingerprint density at radius 2 is 1.48 bits per heavy atom. The summed E-state index contributed by atoms with van der Waals surface area (Å²) in [6.45, 7) is 1.46. The number of hydrogen-bond acceptors (Lipinski definition) is 3. The zero-order valence-corrected chi connectivity index (χ0v) is 12.6. The first-order valence-corrected chi connectivity index (χ1v) is 8.25. The molecule has 4 nitrogen and oxygen atoms in total. The minimum atomic E-state index is -2.84. The third-order valence-electron chi connectivity index (χ3n) is 2.98. The molecule has 0 aromatic heterocycles. The Balaban J connectivity index is 2.37. The third-order valence-corrected chi connectivity index (χ3v) is 4.64. The van der Waals surface area contributed by atoms with Crippen LogP contribution >= 0.6 is 0 Å². The van der Waals surface area contributed by atoms with Gasteiger partial charge in [-0.25, -0.2) is 4.21 Å². The normalized spacial score (nSPS) is 13.2. The van der Waals surface area contributed by atoms with Crippen LogP contribution in [0.4, 0.5) is 0 Å². The topological polar surface area (TPSA) is 63.6 Å². The van der Waals surface area contributed by atoms with E-state index in [-0.39, 0.29) is 5.78 Å². The molecule has 0 radical (unpaired) electrons. The number of Topliss-reactive ketones (excluding diaryl/α,β-unsaturated/α-hetero) is 1. The van der Waals surface area contributed by atoms with E-state index in [0.717, 1.165) is 0 Å². The van der Waals surface area contributed by atoms with Gasteiger partial charge in [-0.1, -0.05) is 30.3 Å². The standard InChI is InChI=1S/C16H15NO3S/c1-12(18)13-8-10-15(11-9-13)21(2,20)17-16(19)14-6-4-3-5-7-14/h3-11H,1-2H3. The van der Waals surface area contributed by atoms with Crippen LogP contribution < -0.4 is 0 Å². The highest BCUT2D eigenvalue weighted by molar-refractivity contribution is 7.93. The van der Waals surface area contributed by atoms with Crippen LogP contribution in [0.2, 0.25) is 0 Å². The van der Waals surface area contributed by atoms with Gasteiger partial charge in [-0.2, -0.15) is 4.36 Å². The highest BCUT2D eigenvalue weighted by atomic mass is 32.2. The summed E-state index contributed by atoms with van der Waals surface area (Å²) in [5.41, 5.74) is 0.927. The molecular formula is C16H15NO3S. The van der Waals surface area contributed by atoms with Crippen molar-refractivity contribution < 1.29 is 13.8 Å². The maximum absolute atomic E-state index is 12.6. The maximum atomic E-state index is 12.6. The predicted molar refractivity (Wildman–Crippen MR) is 82.0 cm³/mol. The molecule has 1 atom stereocenters. The second-order valence-corrected chi connectivity index (χ2v) is 6.90. The molecule has 0 fully saturated rings. The summed E-state index contributed by atoms with van der Waals surface area (Å²) in [6, 6.07) is 14.8. The van der Waals surface area contributed by atoms with Crippen molar-refractivity contribution in [2.45, 2.75) is 11.8 Å². The van der Waals surface area contributed by atoms with Gasteiger partial charge >= 0.3 is 0 Å². The van der Waals surface area contributed by atoms with Gasteiger partial charge in [0.2, 0.25) is 0 Å². The lowest BCUT2D eigenvalue weighted by atomic mass is 10.2. The summed E-state index contributed by atoms with van der Waals surface area (Å²) in [5.74, 6) is -0.583. The molecule has 0 aliphatic rings. The van der Waals surface area contributed by atoms with Crippen LogP contribution in [0.15, 0.2) is 63.9 Å². The van der Waals surface area contributed by atoms with Crippen LogP contribution in [-0.2, 0) is 9.73 Å². The molecule has 0 bridgehead atoms. The fraction of sp³-hybridized carbons (Fsp3) is 0.125. The number of carbonyl (C=O) groups is 2. The molecule has 5 heteroatoms. The van der Waals surface area contributed by atoms with Gasteiger partial charge < -0.3 is 0 Å². The summed E-state index contributed by atoms with van der Waals surface area (Å²) >= 11 is 0. The van der Waals surface area contributed by atoms with E-state index in [0.29, 0.717) is 16.0 Å². The SMILES string of the molecule is CC(=O)c1ccc(S(C)(=O)=NC(=O)c2ccccc2)cc1. The molecule has 2 aromatic carbocycles. The van der Waals surface area contributed by atoms with E-state index in [4.69, 9.17) is 0 Å². The molecule has 2 aromatic rings. The number of hydrogen-bond donors (Lipinski definition) is 0. The number of rotatable bonds is 3. The van der Waals surface area contributed by atoms with E-state index in [2.05, 4.69) is 4.36 Å². The highest BCUT2D eigenvalue weighted by Crippen LogP contribution is 2.15. The highest BCUT2D eigenvalue weighted by Gasteiger charge is 2.11. The van der Waals surface area contributed by atoms with Gasteiger partial charge in [-0.15, -0.1) is 0 Å². The molecule has 0 aliphatic carbocycles. The summed E-state index contributed by atoms with van der Waals surface area (Å²) in [5, 5.41) is 0. The molecule has 0 spiro atoms. The lowest BCUT2D eigenvalue weighted by Crippen LogP contribution is -2.04. The van der Waals surface area contributed by atoms with Crippen LogP contribution in [0.3, 0.4) is 0 Å². The second kappa shape index (κ2) is 6.01. The van der Waals surface area contributed by atoms with Crippen molar-refractivity contribution in [1.29, 1.82) is 0 Å². The van der Waals surface area contributed by atoms with E-state index >= 15 is 0 Å². The van der Waals surface area contributed by atoms with Crippen LogP contribution in [0.1, 0.15) is 27.6 Å². The molecule has 0 heterocycles. The third kappa shape index (κ3) is 3.64. The molecule has 1 unspecified atom stereocenters. The zero-order valence-electron chi connectivity index (χ0n) is 11.8. The molecule has 0 saturated carbocycles. The van der Waals surface area contributed by atoms with Crippen LogP contribution in [0.5, 0.6) is 0 Å². The van der Waals surface area contributed by atoms with E-state index in [1.165, 1.54) is 13.2 Å². The Labute approximate surface area is 124 Å². The fourth-order valence-electron chi connectivity index (χ4n) is 1.79. The van der Waals surface area contributed by atoms with Crippen molar-refractivity contribution in [2.24, 2.45) is 4.36 Å². The molecule has 0 N–H and O–H groups in total. The first-order chi connectivity index (χ1) is 9.90. The van der Waals surface area contributed by atoms with Crippen molar-refractivity contribution in [3.05, 3.63) is 65.7 Å². The fourth-order valence-corrected chi connectivity index (χ4v) is 2.95. The van der Waals surface area contributed by atoms with Gasteiger partial charge in [-0.3, -0.25) is 9.59 Å². The van der Waals surface area contributed by atoms with Crippen LogP contribution in [-0.4, -0.2) is 22.2 Å². The largest absolute Gasteiger partial charge is 0.295 e. The maximum Gasteiger partial charge on any atom is 0.285 e. The molecule has 108 valence electrons. The first-order valence-electron chi connectivity index (χ1n) is 6.33. The number of benzene rings is 2. The van der Waals surface area contributed by atoms with Gasteiger partial charge in [0.05, 0.1) is 9.73 Å². The van der Waals surface area contributed by atoms with Crippen molar-refractivity contribution >= 4 is 21.4 Å². The van der Waals surface area contributed by atoms with Crippen molar-refractivity contribution in [2.75, 3.05) is 6.26 Å². The average molecular weight is 301 g/mol.